The highest BCUT2D eigenvalue weighted by Crippen LogP contribution is 2.26. The number of hydrogen-bond donors (Lipinski definition) is 2. The third-order valence-electron chi connectivity index (χ3n) is 2.91. The second-order valence-electron chi connectivity index (χ2n) is 5.70. The molecule has 1 aromatic carbocycles. The van der Waals surface area contributed by atoms with Crippen LogP contribution in [0.15, 0.2) is 18.2 Å². The van der Waals surface area contributed by atoms with Crippen LogP contribution in [0.4, 0.5) is 0 Å². The minimum Gasteiger partial charge on any atom is -0.489 e. The Morgan fingerprint density at radius 1 is 1.39 bits per heavy atom. The number of halogens is 1. The van der Waals surface area contributed by atoms with Gasteiger partial charge in [-0.05, 0) is 30.0 Å². The topological polar surface area (TPSA) is 55.5 Å². The first kappa shape index (κ1) is 15.3. The molecule has 0 bridgehead atoms. The molecule has 0 saturated carbocycles. The molecule has 18 heavy (non-hydrogen) atoms. The average molecular weight is 272 g/mol. The summed E-state index contributed by atoms with van der Waals surface area (Å²) in [5.41, 5.74) is 6.86. The highest BCUT2D eigenvalue weighted by Gasteiger charge is 2.28. The van der Waals surface area contributed by atoms with Gasteiger partial charge in [0.15, 0.2) is 0 Å². The zero-order valence-corrected chi connectivity index (χ0v) is 12.2. The van der Waals surface area contributed by atoms with Crippen molar-refractivity contribution in [2.45, 2.75) is 39.8 Å². The van der Waals surface area contributed by atoms with Gasteiger partial charge in [-0.25, -0.2) is 0 Å². The van der Waals surface area contributed by atoms with E-state index in [0.29, 0.717) is 10.8 Å². The normalized spacial score (nSPS) is 15.3. The highest BCUT2D eigenvalue weighted by atomic mass is 35.5. The summed E-state index contributed by atoms with van der Waals surface area (Å²) in [7, 11) is 0. The van der Waals surface area contributed by atoms with Gasteiger partial charge in [-0.1, -0.05) is 38.4 Å². The van der Waals surface area contributed by atoms with Crippen molar-refractivity contribution >= 4 is 11.6 Å². The Kier molecular flexibility index (Phi) is 5.02. The van der Waals surface area contributed by atoms with Gasteiger partial charge in [-0.3, -0.25) is 0 Å². The summed E-state index contributed by atoms with van der Waals surface area (Å²) in [4.78, 5) is 0. The molecule has 2 unspecified atom stereocenters. The molecule has 0 aliphatic heterocycles. The second-order valence-corrected chi connectivity index (χ2v) is 6.11. The molecule has 0 spiro atoms. The van der Waals surface area contributed by atoms with Crippen molar-refractivity contribution in [2.24, 2.45) is 11.1 Å². The Morgan fingerprint density at radius 2 is 2.00 bits per heavy atom. The Bertz CT molecular complexity index is 401. The lowest BCUT2D eigenvalue weighted by Crippen LogP contribution is -2.47. The van der Waals surface area contributed by atoms with Gasteiger partial charge in [-0.2, -0.15) is 0 Å². The van der Waals surface area contributed by atoms with Crippen LogP contribution >= 0.6 is 11.6 Å². The predicted molar refractivity (Wildman–Crippen MR) is 75.1 cm³/mol. The van der Waals surface area contributed by atoms with E-state index in [-0.39, 0.29) is 18.1 Å². The maximum Gasteiger partial charge on any atom is 0.138 e. The number of aryl methyl sites for hydroxylation is 1. The largest absolute Gasteiger partial charge is 0.489 e. The summed E-state index contributed by atoms with van der Waals surface area (Å²) in [6.07, 6.45) is -0.721. The zero-order valence-electron chi connectivity index (χ0n) is 11.4. The summed E-state index contributed by atoms with van der Waals surface area (Å²) >= 11 is 6.01. The maximum atomic E-state index is 9.98. The molecule has 0 aromatic heterocycles. The Morgan fingerprint density at radius 3 is 2.56 bits per heavy atom. The van der Waals surface area contributed by atoms with E-state index >= 15 is 0 Å². The molecule has 0 saturated heterocycles. The molecule has 1 rings (SSSR count). The smallest absolute Gasteiger partial charge is 0.138 e. The van der Waals surface area contributed by atoms with E-state index < -0.39 is 6.10 Å². The fraction of sp³-hybridized carbons (Fsp3) is 0.571. The average Bonchev–Trinajstić information content (AvgIpc) is 2.27. The first-order chi connectivity index (χ1) is 8.21. The minimum absolute atomic E-state index is 0.140. The molecule has 0 heterocycles. The Hall–Kier alpha value is -0.770. The second kappa shape index (κ2) is 5.91. The number of benzene rings is 1. The minimum atomic E-state index is -0.721. The van der Waals surface area contributed by atoms with Crippen LogP contribution in [0.5, 0.6) is 5.75 Å². The predicted octanol–water partition coefficient (Wildman–Crippen LogP) is 2.76. The molecular formula is C14H22ClNO2. The fourth-order valence-electron chi connectivity index (χ4n) is 1.58. The van der Waals surface area contributed by atoms with E-state index in [1.807, 2.05) is 39.8 Å². The first-order valence-electron chi connectivity index (χ1n) is 6.04. The molecule has 1 aromatic rings. The van der Waals surface area contributed by atoms with Crippen molar-refractivity contribution in [1.82, 2.24) is 0 Å². The number of rotatable bonds is 4. The lowest BCUT2D eigenvalue weighted by molar-refractivity contribution is 0.0496. The molecule has 0 radical (unpaired) electrons. The van der Waals surface area contributed by atoms with Crippen molar-refractivity contribution in [3.8, 4) is 5.75 Å². The van der Waals surface area contributed by atoms with Crippen LogP contribution in [0, 0.1) is 12.3 Å². The van der Waals surface area contributed by atoms with Gasteiger partial charge in [-0.15, -0.1) is 0 Å². The number of hydrogen-bond acceptors (Lipinski definition) is 3. The zero-order chi connectivity index (χ0) is 13.9. The molecular weight excluding hydrogens is 250 g/mol. The van der Waals surface area contributed by atoms with Crippen molar-refractivity contribution < 1.29 is 9.84 Å². The van der Waals surface area contributed by atoms with Gasteiger partial charge in [0.25, 0.3) is 0 Å². The van der Waals surface area contributed by atoms with Gasteiger partial charge in [0, 0.05) is 6.04 Å². The van der Waals surface area contributed by atoms with Gasteiger partial charge >= 0.3 is 0 Å². The summed E-state index contributed by atoms with van der Waals surface area (Å²) < 4.78 is 5.53. The number of aliphatic hydroxyl groups excluding tert-OH is 1. The lowest BCUT2D eigenvalue weighted by Gasteiger charge is -2.31. The summed E-state index contributed by atoms with van der Waals surface area (Å²) in [6.45, 7) is 8.06. The first-order valence-corrected chi connectivity index (χ1v) is 6.42. The van der Waals surface area contributed by atoms with Crippen molar-refractivity contribution in [1.29, 1.82) is 0 Å². The van der Waals surface area contributed by atoms with Gasteiger partial charge < -0.3 is 15.6 Å². The Labute approximate surface area is 114 Å². The number of nitrogens with two attached hydrogens (primary N) is 1. The molecule has 3 nitrogen and oxygen atoms in total. The van der Waals surface area contributed by atoms with E-state index in [0.717, 1.165) is 5.56 Å². The third-order valence-corrected chi connectivity index (χ3v) is 3.22. The van der Waals surface area contributed by atoms with Crippen LogP contribution in [-0.4, -0.2) is 23.9 Å². The van der Waals surface area contributed by atoms with Crippen LogP contribution in [-0.2, 0) is 0 Å². The van der Waals surface area contributed by atoms with E-state index in [4.69, 9.17) is 22.1 Å². The SMILES string of the molecule is Cc1ccc(Cl)c(OCC(O)C(N)C(C)(C)C)c1. The van der Waals surface area contributed by atoms with Gasteiger partial charge in [0.2, 0.25) is 0 Å². The fourth-order valence-corrected chi connectivity index (χ4v) is 1.75. The highest BCUT2D eigenvalue weighted by molar-refractivity contribution is 6.32. The van der Waals surface area contributed by atoms with Gasteiger partial charge in [0.05, 0.1) is 5.02 Å². The maximum absolute atomic E-state index is 9.98. The van der Waals surface area contributed by atoms with E-state index in [2.05, 4.69) is 0 Å². The molecule has 102 valence electrons. The molecule has 3 N–H and O–H groups in total. The molecule has 2 atom stereocenters. The van der Waals surface area contributed by atoms with Crippen LogP contribution < -0.4 is 10.5 Å². The van der Waals surface area contributed by atoms with Crippen molar-refractivity contribution in [3.05, 3.63) is 28.8 Å². The van der Waals surface area contributed by atoms with Crippen LogP contribution in [0.3, 0.4) is 0 Å². The molecule has 0 amide bonds. The molecule has 0 aliphatic carbocycles. The van der Waals surface area contributed by atoms with Gasteiger partial charge in [0.1, 0.15) is 18.5 Å². The number of aliphatic hydroxyl groups is 1. The summed E-state index contributed by atoms with van der Waals surface area (Å²) in [5.74, 6) is 0.580. The van der Waals surface area contributed by atoms with E-state index in [9.17, 15) is 5.11 Å². The molecule has 4 heteroatoms. The standard InChI is InChI=1S/C14H22ClNO2/c1-9-5-6-10(15)12(7-9)18-8-11(17)13(16)14(2,3)4/h5-7,11,13,17H,8,16H2,1-4H3. The van der Waals surface area contributed by atoms with Crippen LogP contribution in [0.1, 0.15) is 26.3 Å². The monoisotopic (exact) mass is 271 g/mol. The third kappa shape index (κ3) is 4.16. The molecule has 0 aliphatic rings. The van der Waals surface area contributed by atoms with Crippen molar-refractivity contribution in [3.63, 3.8) is 0 Å². The quantitative estimate of drug-likeness (QED) is 0.885. The van der Waals surface area contributed by atoms with Crippen molar-refractivity contribution in [2.75, 3.05) is 6.61 Å². The van der Waals surface area contributed by atoms with E-state index in [1.54, 1.807) is 6.07 Å². The molecule has 0 fully saturated rings. The summed E-state index contributed by atoms with van der Waals surface area (Å²) in [6, 6.07) is 5.19. The number of ether oxygens (including phenoxy) is 1. The van der Waals surface area contributed by atoms with Crippen LogP contribution in [0.25, 0.3) is 0 Å². The van der Waals surface area contributed by atoms with E-state index in [1.165, 1.54) is 0 Å². The Balaban J connectivity index is 2.62. The lowest BCUT2D eigenvalue weighted by atomic mass is 9.84. The van der Waals surface area contributed by atoms with Crippen LogP contribution in [0.2, 0.25) is 5.02 Å². The summed E-state index contributed by atoms with van der Waals surface area (Å²) in [5, 5.41) is 10.5.